The van der Waals surface area contributed by atoms with Crippen LogP contribution in [0.2, 0.25) is 0 Å². The van der Waals surface area contributed by atoms with Crippen molar-refractivity contribution in [3.63, 3.8) is 0 Å². The summed E-state index contributed by atoms with van der Waals surface area (Å²) in [5.41, 5.74) is 1.54. The number of Topliss-reactive ketones (excluding diaryl/α,β-unsaturated/α-hetero) is 1. The van der Waals surface area contributed by atoms with E-state index in [-0.39, 0.29) is 16.2 Å². The van der Waals surface area contributed by atoms with Crippen LogP contribution in [0.3, 0.4) is 0 Å². The van der Waals surface area contributed by atoms with Crippen LogP contribution in [0.1, 0.15) is 78.6 Å². The van der Waals surface area contributed by atoms with Gasteiger partial charge in [-0.3, -0.25) is 9.59 Å². The van der Waals surface area contributed by atoms with E-state index in [9.17, 15) is 9.59 Å². The van der Waals surface area contributed by atoms with Crippen molar-refractivity contribution in [3.8, 4) is 0 Å². The normalized spacial score (nSPS) is 50.9. The number of carbonyl (C=O) groups excluding carboxylic acids is 2. The topological polar surface area (TPSA) is 34.1 Å². The second-order valence-electron chi connectivity index (χ2n) is 10.8. The van der Waals surface area contributed by atoms with Crippen LogP contribution in [0.25, 0.3) is 0 Å². The third kappa shape index (κ3) is 2.08. The molecule has 5 unspecified atom stereocenters. The molecular formula is C25H34O2. The van der Waals surface area contributed by atoms with Gasteiger partial charge in [0.1, 0.15) is 5.78 Å². The summed E-state index contributed by atoms with van der Waals surface area (Å²) in [6.07, 6.45) is 16.9. The van der Waals surface area contributed by atoms with Gasteiger partial charge in [-0.1, -0.05) is 38.8 Å². The average molecular weight is 367 g/mol. The molecule has 0 radical (unpaired) electrons. The molecule has 0 aliphatic heterocycles. The Morgan fingerprint density at radius 3 is 2.67 bits per heavy atom. The highest BCUT2D eigenvalue weighted by atomic mass is 16.1. The molecule has 0 bridgehead atoms. The lowest BCUT2D eigenvalue weighted by Gasteiger charge is -2.58. The quantitative estimate of drug-likeness (QED) is 0.599. The summed E-state index contributed by atoms with van der Waals surface area (Å²) < 4.78 is 0. The first-order valence-corrected chi connectivity index (χ1v) is 11.3. The zero-order valence-electron chi connectivity index (χ0n) is 17.2. The van der Waals surface area contributed by atoms with E-state index < -0.39 is 0 Å². The molecule has 3 saturated carbocycles. The minimum absolute atomic E-state index is 0.0612. The van der Waals surface area contributed by atoms with Gasteiger partial charge in [-0.25, -0.2) is 0 Å². The first kappa shape index (κ1) is 17.9. The number of rotatable bonds is 1. The highest BCUT2D eigenvalue weighted by Crippen LogP contribution is 2.73. The molecule has 7 atom stereocenters. The summed E-state index contributed by atoms with van der Waals surface area (Å²) in [6.45, 7) is 6.79. The number of fused-ring (bicyclic) bond motifs is 7. The van der Waals surface area contributed by atoms with E-state index in [2.05, 4.69) is 26.0 Å². The molecule has 0 amide bonds. The third-order valence-electron chi connectivity index (χ3n) is 10.2. The van der Waals surface area contributed by atoms with Crippen molar-refractivity contribution >= 4 is 11.6 Å². The summed E-state index contributed by atoms with van der Waals surface area (Å²) in [5.74, 6) is 3.24. The van der Waals surface area contributed by atoms with E-state index in [1.807, 2.05) is 13.0 Å². The van der Waals surface area contributed by atoms with Crippen molar-refractivity contribution < 1.29 is 9.59 Å². The predicted molar refractivity (Wildman–Crippen MR) is 107 cm³/mol. The number of ketones is 2. The molecule has 0 aromatic carbocycles. The summed E-state index contributed by atoms with van der Waals surface area (Å²) in [4.78, 5) is 25.1. The lowest BCUT2D eigenvalue weighted by Crippen LogP contribution is -2.54. The molecule has 2 nitrogen and oxygen atoms in total. The maximum absolute atomic E-state index is 13.1. The van der Waals surface area contributed by atoms with E-state index in [1.54, 1.807) is 0 Å². The number of hydrogen-bond donors (Lipinski definition) is 0. The highest BCUT2D eigenvalue weighted by molar-refractivity contribution is 5.92. The third-order valence-corrected chi connectivity index (χ3v) is 10.2. The number of carbonyl (C=O) groups is 2. The molecule has 5 rings (SSSR count). The van der Waals surface area contributed by atoms with Crippen molar-refractivity contribution in [2.24, 2.45) is 39.9 Å². The lowest BCUT2D eigenvalue weighted by atomic mass is 9.45. The van der Waals surface area contributed by atoms with Crippen LogP contribution in [-0.4, -0.2) is 11.6 Å². The highest BCUT2D eigenvalue weighted by Gasteiger charge is 2.68. The molecular weight excluding hydrogens is 332 g/mol. The molecule has 5 aliphatic rings. The van der Waals surface area contributed by atoms with Crippen molar-refractivity contribution in [2.45, 2.75) is 78.6 Å². The molecule has 5 aliphatic carbocycles. The van der Waals surface area contributed by atoms with Crippen LogP contribution in [0.15, 0.2) is 23.8 Å². The lowest BCUT2D eigenvalue weighted by molar-refractivity contribution is -0.145. The summed E-state index contributed by atoms with van der Waals surface area (Å²) in [7, 11) is 0. The molecule has 2 heteroatoms. The molecule has 0 heterocycles. The van der Waals surface area contributed by atoms with Gasteiger partial charge in [-0.15, -0.1) is 0 Å². The zero-order chi connectivity index (χ0) is 19.0. The van der Waals surface area contributed by atoms with Crippen LogP contribution >= 0.6 is 0 Å². The van der Waals surface area contributed by atoms with Gasteiger partial charge in [-0.05, 0) is 91.6 Å². The molecule has 0 spiro atoms. The van der Waals surface area contributed by atoms with Gasteiger partial charge in [0.25, 0.3) is 0 Å². The number of allylic oxidation sites excluding steroid dienone is 4. The average Bonchev–Trinajstić information content (AvgIpc) is 2.92. The zero-order valence-corrected chi connectivity index (χ0v) is 17.2. The van der Waals surface area contributed by atoms with E-state index in [0.29, 0.717) is 41.7 Å². The largest absolute Gasteiger partial charge is 0.299 e. The fourth-order valence-corrected chi connectivity index (χ4v) is 8.80. The SMILES string of the molecule is CC(=O)C12CCCCC1CC1C3C=CC4=CC(=O)CC[C@]4(C)C3CC[C@@]12C. The minimum Gasteiger partial charge on any atom is -0.299 e. The molecule has 27 heavy (non-hydrogen) atoms. The smallest absolute Gasteiger partial charge is 0.156 e. The summed E-state index contributed by atoms with van der Waals surface area (Å²) in [5, 5.41) is 0. The Balaban J connectivity index is 1.59. The maximum atomic E-state index is 13.1. The number of hydrogen-bond acceptors (Lipinski definition) is 2. The van der Waals surface area contributed by atoms with Gasteiger partial charge >= 0.3 is 0 Å². The van der Waals surface area contributed by atoms with Gasteiger partial charge in [0.15, 0.2) is 5.78 Å². The Bertz CT molecular complexity index is 760. The van der Waals surface area contributed by atoms with Crippen LogP contribution in [0.4, 0.5) is 0 Å². The van der Waals surface area contributed by atoms with Crippen molar-refractivity contribution in [3.05, 3.63) is 23.8 Å². The van der Waals surface area contributed by atoms with E-state index in [4.69, 9.17) is 0 Å². The maximum Gasteiger partial charge on any atom is 0.156 e. The molecule has 0 saturated heterocycles. The fraction of sp³-hybridized carbons (Fsp3) is 0.760. The van der Waals surface area contributed by atoms with Crippen molar-refractivity contribution in [2.75, 3.05) is 0 Å². The first-order chi connectivity index (χ1) is 12.8. The van der Waals surface area contributed by atoms with E-state index >= 15 is 0 Å². The Morgan fingerprint density at radius 1 is 1.07 bits per heavy atom. The summed E-state index contributed by atoms with van der Waals surface area (Å²) >= 11 is 0. The van der Waals surface area contributed by atoms with Crippen LogP contribution in [0, 0.1) is 39.9 Å². The molecule has 3 fully saturated rings. The Hall–Kier alpha value is -1.18. The van der Waals surface area contributed by atoms with E-state index in [0.717, 1.165) is 12.8 Å². The van der Waals surface area contributed by atoms with Gasteiger partial charge < -0.3 is 0 Å². The van der Waals surface area contributed by atoms with Gasteiger partial charge in [0.2, 0.25) is 0 Å². The molecule has 0 aromatic heterocycles. The fourth-order valence-electron chi connectivity index (χ4n) is 8.80. The minimum atomic E-state index is -0.0612. The standard InChI is InChI=1S/C25H34O2/c1-16(26)25-11-5-4-6-18(25)15-22-20-8-7-17-14-19(27)9-12-23(17,2)21(20)10-13-24(22,25)3/h7-8,14,18,20-22H,4-6,9-13,15H2,1-3H3/t18?,20?,21?,22?,23-,24-,25?/m0/s1. The second-order valence-corrected chi connectivity index (χ2v) is 10.8. The monoisotopic (exact) mass is 366 g/mol. The molecule has 0 aromatic rings. The second kappa shape index (κ2) is 5.67. The van der Waals surface area contributed by atoms with Gasteiger partial charge in [-0.2, -0.15) is 0 Å². The van der Waals surface area contributed by atoms with Crippen molar-refractivity contribution in [1.29, 1.82) is 0 Å². The van der Waals surface area contributed by atoms with Gasteiger partial charge in [0, 0.05) is 11.8 Å². The summed E-state index contributed by atoms with van der Waals surface area (Å²) in [6, 6.07) is 0. The van der Waals surface area contributed by atoms with Crippen LogP contribution in [-0.2, 0) is 9.59 Å². The van der Waals surface area contributed by atoms with Crippen molar-refractivity contribution in [1.82, 2.24) is 0 Å². The van der Waals surface area contributed by atoms with Gasteiger partial charge in [0.05, 0.1) is 0 Å². The Labute approximate surface area is 163 Å². The molecule has 0 N–H and O–H groups in total. The van der Waals surface area contributed by atoms with Crippen LogP contribution in [0.5, 0.6) is 0 Å². The predicted octanol–water partition coefficient (Wildman–Crippen LogP) is 5.67. The van der Waals surface area contributed by atoms with E-state index in [1.165, 1.54) is 44.1 Å². The Kier molecular flexibility index (Phi) is 3.76. The Morgan fingerprint density at radius 2 is 1.89 bits per heavy atom. The first-order valence-electron chi connectivity index (χ1n) is 11.3. The van der Waals surface area contributed by atoms with Crippen LogP contribution < -0.4 is 0 Å². The molecule has 146 valence electrons.